The van der Waals surface area contributed by atoms with Crippen LogP contribution in [0.4, 0.5) is 5.95 Å². The summed E-state index contributed by atoms with van der Waals surface area (Å²) >= 11 is 0. The van der Waals surface area contributed by atoms with Gasteiger partial charge in [0.1, 0.15) is 11.9 Å². The molecule has 2 aromatic heterocycles. The van der Waals surface area contributed by atoms with Gasteiger partial charge in [0, 0.05) is 6.54 Å². The number of carbonyl (C=O) groups is 1. The molecule has 180 valence electrons. The largest absolute Gasteiger partial charge is 0.481 e. The van der Waals surface area contributed by atoms with E-state index in [0.717, 1.165) is 29.9 Å². The molecule has 9 nitrogen and oxygen atoms in total. The van der Waals surface area contributed by atoms with Crippen LogP contribution in [0.5, 0.6) is 11.8 Å². The summed E-state index contributed by atoms with van der Waals surface area (Å²) in [5.41, 5.74) is 3.23. The second-order valence-corrected chi connectivity index (χ2v) is 8.88. The zero-order chi connectivity index (χ0) is 24.2. The molecule has 1 fully saturated rings. The van der Waals surface area contributed by atoms with Crippen LogP contribution in [-0.4, -0.2) is 57.5 Å². The summed E-state index contributed by atoms with van der Waals surface area (Å²) in [5, 5.41) is 3.21. The van der Waals surface area contributed by atoms with Gasteiger partial charge in [-0.1, -0.05) is 43.7 Å². The molecule has 9 heteroatoms. The highest BCUT2D eigenvalue weighted by molar-refractivity contribution is 5.85. The first kappa shape index (κ1) is 23.5. The van der Waals surface area contributed by atoms with E-state index in [4.69, 9.17) is 9.47 Å². The zero-order valence-electron chi connectivity index (χ0n) is 20.3. The Bertz CT molecular complexity index is 1110. The van der Waals surface area contributed by atoms with Crippen LogP contribution in [0.15, 0.2) is 36.5 Å². The van der Waals surface area contributed by atoms with Crippen LogP contribution in [0.3, 0.4) is 0 Å². The number of nitrogens with one attached hydrogen (secondary N) is 2. The number of ether oxygens (including phenoxy) is 2. The summed E-state index contributed by atoms with van der Waals surface area (Å²) in [7, 11) is 3.05. The van der Waals surface area contributed by atoms with E-state index in [1.54, 1.807) is 6.07 Å². The molecule has 4 rings (SSSR count). The average molecular weight is 465 g/mol. The number of rotatable bonds is 8. The van der Waals surface area contributed by atoms with Crippen molar-refractivity contribution in [1.29, 1.82) is 0 Å². The number of nitrogens with zero attached hydrogens (tertiary/aromatic N) is 4. The van der Waals surface area contributed by atoms with Crippen molar-refractivity contribution in [2.75, 3.05) is 26.1 Å². The van der Waals surface area contributed by atoms with Gasteiger partial charge in [-0.3, -0.25) is 4.79 Å². The molecule has 3 heterocycles. The molecular weight excluding hydrogens is 432 g/mol. The Morgan fingerprint density at radius 2 is 1.82 bits per heavy atom. The van der Waals surface area contributed by atoms with E-state index < -0.39 is 6.04 Å². The van der Waals surface area contributed by atoms with Crippen molar-refractivity contribution < 1.29 is 14.3 Å². The number of aryl methyl sites for hydroxylation is 1. The third-order valence-electron chi connectivity index (χ3n) is 6.12. The fraction of sp³-hybridized carbons (Fsp3) is 0.440. The maximum Gasteiger partial charge on any atom is 0.246 e. The number of hydrogen-bond acceptors (Lipinski definition) is 7. The van der Waals surface area contributed by atoms with Gasteiger partial charge in [-0.15, -0.1) is 0 Å². The van der Waals surface area contributed by atoms with Crippen LogP contribution < -0.4 is 14.8 Å². The number of likely N-dealkylation sites (tertiary alicyclic amines) is 1. The van der Waals surface area contributed by atoms with E-state index in [0.29, 0.717) is 24.3 Å². The normalized spacial score (nSPS) is 16.5. The Balaban J connectivity index is 1.55. The van der Waals surface area contributed by atoms with Gasteiger partial charge < -0.3 is 24.7 Å². The SMILES string of the molecule is COc1cc(OC)nc(N[C@H](C(=O)N2CCC[C@H]2c2ncc(-c3ccc(C)cc3)[nH]2)C(C)C)n1. The molecule has 3 aromatic rings. The van der Waals surface area contributed by atoms with Crippen molar-refractivity contribution in [3.8, 4) is 23.0 Å². The van der Waals surface area contributed by atoms with Gasteiger partial charge in [0.15, 0.2) is 0 Å². The lowest BCUT2D eigenvalue weighted by molar-refractivity contribution is -0.134. The number of benzene rings is 1. The monoisotopic (exact) mass is 464 g/mol. The molecule has 34 heavy (non-hydrogen) atoms. The lowest BCUT2D eigenvalue weighted by atomic mass is 10.0. The molecule has 2 atom stereocenters. The third kappa shape index (κ3) is 4.98. The average Bonchev–Trinajstić information content (AvgIpc) is 3.52. The molecule has 0 aliphatic carbocycles. The molecule has 1 aliphatic heterocycles. The van der Waals surface area contributed by atoms with Crippen molar-refractivity contribution in [1.82, 2.24) is 24.8 Å². The van der Waals surface area contributed by atoms with Gasteiger partial charge in [-0.25, -0.2) is 4.98 Å². The molecule has 0 radical (unpaired) electrons. The molecule has 0 spiro atoms. The highest BCUT2D eigenvalue weighted by atomic mass is 16.5. The highest BCUT2D eigenvalue weighted by Gasteiger charge is 2.37. The summed E-state index contributed by atoms with van der Waals surface area (Å²) in [6.45, 7) is 6.74. The first-order valence-corrected chi connectivity index (χ1v) is 11.6. The van der Waals surface area contributed by atoms with Crippen molar-refractivity contribution in [3.63, 3.8) is 0 Å². The number of carbonyl (C=O) groups excluding carboxylic acids is 1. The van der Waals surface area contributed by atoms with Gasteiger partial charge in [0.2, 0.25) is 23.6 Å². The minimum absolute atomic E-state index is 0.00354. The Hall–Kier alpha value is -3.62. The number of methoxy groups -OCH3 is 2. The zero-order valence-corrected chi connectivity index (χ0v) is 20.3. The molecule has 2 N–H and O–H groups in total. The van der Waals surface area contributed by atoms with E-state index >= 15 is 0 Å². The lowest BCUT2D eigenvalue weighted by Gasteiger charge is -2.30. The standard InChI is InChI=1S/C25H32N6O3/c1-15(2)22(30-25-28-20(33-4)13-21(29-25)34-5)24(32)31-12-6-7-19(31)23-26-14-18(27-23)17-10-8-16(3)9-11-17/h8-11,13-15,19,22H,6-7,12H2,1-5H3,(H,26,27)(H,28,29,30)/t19-,22-/m0/s1. The maximum atomic E-state index is 13.7. The number of hydrogen-bond donors (Lipinski definition) is 2. The molecule has 1 amide bonds. The molecule has 0 saturated carbocycles. The quantitative estimate of drug-likeness (QED) is 0.519. The third-order valence-corrected chi connectivity index (χ3v) is 6.12. The number of anilines is 1. The maximum absolute atomic E-state index is 13.7. The number of H-pyrrole nitrogens is 1. The predicted molar refractivity (Wildman–Crippen MR) is 130 cm³/mol. The summed E-state index contributed by atoms with van der Waals surface area (Å²) in [6, 6.07) is 9.29. The minimum Gasteiger partial charge on any atom is -0.481 e. The van der Waals surface area contributed by atoms with E-state index in [1.165, 1.54) is 19.8 Å². The predicted octanol–water partition coefficient (Wildman–Crippen LogP) is 3.99. The first-order valence-electron chi connectivity index (χ1n) is 11.6. The van der Waals surface area contributed by atoms with Gasteiger partial charge >= 0.3 is 0 Å². The van der Waals surface area contributed by atoms with Gasteiger partial charge in [0.05, 0.1) is 38.2 Å². The fourth-order valence-electron chi connectivity index (χ4n) is 4.21. The number of imidazole rings is 1. The van der Waals surface area contributed by atoms with E-state index in [2.05, 4.69) is 56.4 Å². The van der Waals surface area contributed by atoms with Crippen LogP contribution in [0.1, 0.15) is 44.1 Å². The number of amides is 1. The molecule has 0 unspecified atom stereocenters. The topological polar surface area (TPSA) is 105 Å². The Kier molecular flexibility index (Phi) is 7.00. The van der Waals surface area contributed by atoms with Crippen molar-refractivity contribution in [2.45, 2.75) is 45.7 Å². The Morgan fingerprint density at radius 3 is 2.44 bits per heavy atom. The number of aromatic amines is 1. The molecule has 0 bridgehead atoms. The second-order valence-electron chi connectivity index (χ2n) is 8.88. The Morgan fingerprint density at radius 1 is 1.15 bits per heavy atom. The van der Waals surface area contributed by atoms with Crippen LogP contribution in [0.2, 0.25) is 0 Å². The van der Waals surface area contributed by atoms with E-state index in [9.17, 15) is 4.79 Å². The van der Waals surface area contributed by atoms with E-state index in [1.807, 2.05) is 24.9 Å². The summed E-state index contributed by atoms with van der Waals surface area (Å²) in [5.74, 6) is 1.83. The summed E-state index contributed by atoms with van der Waals surface area (Å²) < 4.78 is 10.5. The van der Waals surface area contributed by atoms with Gasteiger partial charge in [0.25, 0.3) is 0 Å². The van der Waals surface area contributed by atoms with Crippen LogP contribution in [0.25, 0.3) is 11.3 Å². The van der Waals surface area contributed by atoms with Gasteiger partial charge in [-0.05, 0) is 31.2 Å². The van der Waals surface area contributed by atoms with Gasteiger partial charge in [-0.2, -0.15) is 9.97 Å². The first-order chi connectivity index (χ1) is 16.4. The molecule has 1 aliphatic rings. The minimum atomic E-state index is -0.510. The van der Waals surface area contributed by atoms with Crippen LogP contribution >= 0.6 is 0 Å². The van der Waals surface area contributed by atoms with Crippen molar-refractivity contribution >= 4 is 11.9 Å². The summed E-state index contributed by atoms with van der Waals surface area (Å²) in [6.07, 6.45) is 3.63. The second kappa shape index (κ2) is 10.1. The lowest BCUT2D eigenvalue weighted by Crippen LogP contribution is -2.45. The molecule has 1 aromatic carbocycles. The van der Waals surface area contributed by atoms with Crippen LogP contribution in [0, 0.1) is 12.8 Å². The van der Waals surface area contributed by atoms with Crippen molar-refractivity contribution in [2.24, 2.45) is 5.92 Å². The van der Waals surface area contributed by atoms with E-state index in [-0.39, 0.29) is 17.9 Å². The summed E-state index contributed by atoms with van der Waals surface area (Å²) in [4.78, 5) is 32.4. The fourth-order valence-corrected chi connectivity index (χ4v) is 4.21. The smallest absolute Gasteiger partial charge is 0.246 e. The number of aromatic nitrogens is 4. The van der Waals surface area contributed by atoms with Crippen LogP contribution in [-0.2, 0) is 4.79 Å². The molecular formula is C25H32N6O3. The Labute approximate surface area is 199 Å². The molecule has 1 saturated heterocycles. The van der Waals surface area contributed by atoms with Crippen molar-refractivity contribution in [3.05, 3.63) is 47.9 Å². The highest BCUT2D eigenvalue weighted by Crippen LogP contribution is 2.33.